The number of hydrogen-bond acceptors (Lipinski definition) is 3. The molecule has 0 aromatic heterocycles. The zero-order valence-corrected chi connectivity index (χ0v) is 9.16. The molecule has 1 saturated carbocycles. The van der Waals surface area contributed by atoms with Gasteiger partial charge in [-0.05, 0) is 19.3 Å². The molecule has 1 fully saturated rings. The molecular formula is C7H13F3N2O3S. The molecule has 3 N–H and O–H groups in total. The first kappa shape index (κ1) is 13.7. The van der Waals surface area contributed by atoms with Gasteiger partial charge in [0.2, 0.25) is 0 Å². The maximum absolute atomic E-state index is 11.7. The van der Waals surface area contributed by atoms with E-state index in [-0.39, 0.29) is 6.54 Å². The lowest BCUT2D eigenvalue weighted by molar-refractivity contribution is -0.121. The summed E-state index contributed by atoms with van der Waals surface area (Å²) in [5.41, 5.74) is -1.10. The molecule has 0 radical (unpaired) electrons. The van der Waals surface area contributed by atoms with Crippen LogP contribution in [0.5, 0.6) is 0 Å². The minimum Gasteiger partial charge on any atom is -0.389 e. The Kier molecular flexibility index (Phi) is 3.83. The first-order valence-corrected chi connectivity index (χ1v) is 6.14. The summed E-state index contributed by atoms with van der Waals surface area (Å²) in [6, 6.07) is 0. The van der Waals surface area contributed by atoms with Gasteiger partial charge in [-0.3, -0.25) is 0 Å². The minimum absolute atomic E-state index is 0.264. The molecule has 9 heteroatoms. The van der Waals surface area contributed by atoms with Crippen molar-refractivity contribution in [3.05, 3.63) is 0 Å². The van der Waals surface area contributed by atoms with E-state index in [0.29, 0.717) is 12.8 Å². The van der Waals surface area contributed by atoms with Gasteiger partial charge < -0.3 is 5.11 Å². The average molecular weight is 262 g/mol. The van der Waals surface area contributed by atoms with E-state index in [1.807, 2.05) is 4.72 Å². The first-order chi connectivity index (χ1) is 7.12. The van der Waals surface area contributed by atoms with E-state index in [1.54, 1.807) is 0 Å². The molecule has 0 unspecified atom stereocenters. The van der Waals surface area contributed by atoms with E-state index in [0.717, 1.165) is 6.42 Å². The Morgan fingerprint density at radius 2 is 1.81 bits per heavy atom. The van der Waals surface area contributed by atoms with E-state index in [4.69, 9.17) is 0 Å². The largest absolute Gasteiger partial charge is 0.402 e. The lowest BCUT2D eigenvalue weighted by Gasteiger charge is -2.36. The summed E-state index contributed by atoms with van der Waals surface area (Å²) >= 11 is 0. The summed E-state index contributed by atoms with van der Waals surface area (Å²) in [6.07, 6.45) is -2.90. The molecule has 1 aliphatic carbocycles. The number of aliphatic hydroxyl groups is 1. The van der Waals surface area contributed by atoms with Gasteiger partial charge in [-0.2, -0.15) is 31.0 Å². The van der Waals surface area contributed by atoms with Gasteiger partial charge in [0.15, 0.2) is 0 Å². The van der Waals surface area contributed by atoms with Gasteiger partial charge in [-0.1, -0.05) is 0 Å². The van der Waals surface area contributed by atoms with E-state index >= 15 is 0 Å². The Morgan fingerprint density at radius 3 is 2.19 bits per heavy atom. The zero-order valence-electron chi connectivity index (χ0n) is 8.34. The summed E-state index contributed by atoms with van der Waals surface area (Å²) in [7, 11) is -4.20. The number of alkyl halides is 3. The molecule has 0 atom stereocenters. The van der Waals surface area contributed by atoms with Crippen LogP contribution < -0.4 is 9.44 Å². The standard InChI is InChI=1S/C7H13F3N2O3S/c8-7(9,10)5-12-16(14,15)11-4-6(13)2-1-3-6/h11-13H,1-5H2. The predicted octanol–water partition coefficient (Wildman–Crippen LogP) is -0.112. The van der Waals surface area contributed by atoms with Crippen LogP contribution in [0.3, 0.4) is 0 Å². The highest BCUT2D eigenvalue weighted by Gasteiger charge is 2.36. The Labute approximate surface area is 91.2 Å². The molecule has 0 amide bonds. The van der Waals surface area contributed by atoms with Gasteiger partial charge >= 0.3 is 6.18 Å². The maximum Gasteiger partial charge on any atom is 0.402 e. The molecule has 0 heterocycles. The molecule has 5 nitrogen and oxygen atoms in total. The van der Waals surface area contributed by atoms with Crippen molar-refractivity contribution in [3.8, 4) is 0 Å². The molecule has 16 heavy (non-hydrogen) atoms. The summed E-state index contributed by atoms with van der Waals surface area (Å²) in [5.74, 6) is 0. The second-order valence-electron chi connectivity index (χ2n) is 3.84. The van der Waals surface area contributed by atoms with Crippen LogP contribution in [0.25, 0.3) is 0 Å². The van der Waals surface area contributed by atoms with E-state index in [1.165, 1.54) is 4.72 Å². The maximum atomic E-state index is 11.7. The molecule has 1 rings (SSSR count). The predicted molar refractivity (Wildman–Crippen MR) is 49.8 cm³/mol. The van der Waals surface area contributed by atoms with E-state index in [9.17, 15) is 26.7 Å². The van der Waals surface area contributed by atoms with Gasteiger partial charge in [0.25, 0.3) is 10.2 Å². The number of nitrogens with one attached hydrogen (secondary N) is 2. The molecule has 0 aliphatic heterocycles. The molecular weight excluding hydrogens is 249 g/mol. The highest BCUT2D eigenvalue weighted by atomic mass is 32.2. The summed E-state index contributed by atoms with van der Waals surface area (Å²) < 4.78 is 60.5. The minimum atomic E-state index is -4.60. The van der Waals surface area contributed by atoms with Crippen molar-refractivity contribution in [2.24, 2.45) is 0 Å². The van der Waals surface area contributed by atoms with Crippen LogP contribution in [-0.4, -0.2) is 38.4 Å². The van der Waals surface area contributed by atoms with Crippen molar-refractivity contribution >= 4 is 10.2 Å². The third-order valence-electron chi connectivity index (χ3n) is 2.34. The quantitative estimate of drug-likeness (QED) is 0.646. The summed E-state index contributed by atoms with van der Waals surface area (Å²) in [6.45, 7) is -1.89. The average Bonchev–Trinajstić information content (AvgIpc) is 2.08. The molecule has 96 valence electrons. The van der Waals surface area contributed by atoms with E-state index in [2.05, 4.69) is 0 Å². The fraction of sp³-hybridized carbons (Fsp3) is 1.00. The Morgan fingerprint density at radius 1 is 1.25 bits per heavy atom. The molecule has 0 saturated heterocycles. The van der Waals surface area contributed by atoms with Gasteiger partial charge in [0, 0.05) is 6.54 Å². The lowest BCUT2D eigenvalue weighted by atomic mass is 9.81. The smallest absolute Gasteiger partial charge is 0.389 e. The highest BCUT2D eigenvalue weighted by molar-refractivity contribution is 7.87. The highest BCUT2D eigenvalue weighted by Crippen LogP contribution is 2.30. The summed E-state index contributed by atoms with van der Waals surface area (Å²) in [5, 5.41) is 9.52. The van der Waals surface area contributed by atoms with Crippen molar-refractivity contribution in [2.45, 2.75) is 31.0 Å². The molecule has 0 bridgehead atoms. The zero-order chi connectivity index (χ0) is 12.4. The SMILES string of the molecule is O=S(=O)(NCC(F)(F)F)NCC1(O)CCC1. The van der Waals surface area contributed by atoms with Crippen molar-refractivity contribution in [2.75, 3.05) is 13.1 Å². The van der Waals surface area contributed by atoms with Crippen LogP contribution in [0.4, 0.5) is 13.2 Å². The third-order valence-corrected chi connectivity index (χ3v) is 3.39. The molecule has 0 aromatic carbocycles. The van der Waals surface area contributed by atoms with E-state index < -0.39 is 28.5 Å². The fourth-order valence-corrected chi connectivity index (χ4v) is 2.13. The van der Waals surface area contributed by atoms with Gasteiger partial charge in [0.1, 0.15) is 6.54 Å². The number of hydrogen-bond donors (Lipinski definition) is 3. The third kappa shape index (κ3) is 4.64. The van der Waals surface area contributed by atoms with Gasteiger partial charge in [-0.25, -0.2) is 0 Å². The van der Waals surface area contributed by atoms with Crippen LogP contribution in [0.1, 0.15) is 19.3 Å². The van der Waals surface area contributed by atoms with Crippen LogP contribution in [0.15, 0.2) is 0 Å². The second-order valence-corrected chi connectivity index (χ2v) is 5.42. The molecule has 1 aliphatic rings. The van der Waals surface area contributed by atoms with Gasteiger partial charge in [-0.15, -0.1) is 0 Å². The normalized spacial score (nSPS) is 20.5. The van der Waals surface area contributed by atoms with Crippen molar-refractivity contribution < 1.29 is 26.7 Å². The van der Waals surface area contributed by atoms with Crippen LogP contribution >= 0.6 is 0 Å². The van der Waals surface area contributed by atoms with Crippen molar-refractivity contribution in [1.82, 2.24) is 9.44 Å². The second kappa shape index (κ2) is 4.47. The number of halogens is 3. The molecule has 0 aromatic rings. The van der Waals surface area contributed by atoms with Gasteiger partial charge in [0.05, 0.1) is 5.60 Å². The Bertz CT molecular complexity index is 337. The lowest BCUT2D eigenvalue weighted by Crippen LogP contribution is -2.51. The van der Waals surface area contributed by atoms with Crippen LogP contribution in [0, 0.1) is 0 Å². The Hall–Kier alpha value is -0.380. The monoisotopic (exact) mass is 262 g/mol. The van der Waals surface area contributed by atoms with Crippen LogP contribution in [-0.2, 0) is 10.2 Å². The summed E-state index contributed by atoms with van der Waals surface area (Å²) in [4.78, 5) is 0. The first-order valence-electron chi connectivity index (χ1n) is 4.65. The van der Waals surface area contributed by atoms with Crippen molar-refractivity contribution in [1.29, 1.82) is 0 Å². The molecule has 0 spiro atoms. The Balaban J connectivity index is 2.34. The number of rotatable bonds is 5. The van der Waals surface area contributed by atoms with Crippen molar-refractivity contribution in [3.63, 3.8) is 0 Å². The fourth-order valence-electron chi connectivity index (χ4n) is 1.22. The van der Waals surface area contributed by atoms with Crippen LogP contribution in [0.2, 0.25) is 0 Å². The topological polar surface area (TPSA) is 78.4 Å².